The normalized spacial score (nSPS) is 25.9. The summed E-state index contributed by atoms with van der Waals surface area (Å²) in [4.78, 5) is 13.5. The number of fused-ring (bicyclic) bond motifs is 1. The van der Waals surface area contributed by atoms with E-state index in [1.165, 1.54) is 4.90 Å². The fourth-order valence-electron chi connectivity index (χ4n) is 2.47. The lowest BCUT2D eigenvalue weighted by atomic mass is 10.0. The highest BCUT2D eigenvalue weighted by molar-refractivity contribution is 7.99. The van der Waals surface area contributed by atoms with Crippen molar-refractivity contribution in [2.45, 2.75) is 16.9 Å². The molecule has 19 heavy (non-hydrogen) atoms. The molecule has 0 aromatic heterocycles. The lowest BCUT2D eigenvalue weighted by Crippen LogP contribution is -2.46. The smallest absolute Gasteiger partial charge is 0.228 e. The molecule has 0 saturated carbocycles. The van der Waals surface area contributed by atoms with Gasteiger partial charge in [-0.1, -0.05) is 18.2 Å². The minimum Gasteiger partial charge on any atom is -0.374 e. The van der Waals surface area contributed by atoms with Crippen LogP contribution in [0.3, 0.4) is 0 Å². The van der Waals surface area contributed by atoms with Gasteiger partial charge in [0.25, 0.3) is 0 Å². The molecule has 1 aromatic carbocycles. The van der Waals surface area contributed by atoms with Crippen LogP contribution in [-0.2, 0) is 9.53 Å². The molecule has 3 rings (SSSR count). The van der Waals surface area contributed by atoms with Gasteiger partial charge in [0.15, 0.2) is 0 Å². The Balaban J connectivity index is 1.56. The van der Waals surface area contributed by atoms with E-state index >= 15 is 0 Å². The Bertz CT molecular complexity index is 461. The lowest BCUT2D eigenvalue weighted by Gasteiger charge is -2.24. The Morgan fingerprint density at radius 2 is 2.37 bits per heavy atom. The second-order valence-corrected chi connectivity index (χ2v) is 5.91. The molecule has 4 nitrogen and oxygen atoms in total. The first kappa shape index (κ1) is 13.0. The van der Waals surface area contributed by atoms with Gasteiger partial charge in [0.2, 0.25) is 5.91 Å². The van der Waals surface area contributed by atoms with Crippen molar-refractivity contribution in [1.82, 2.24) is 10.6 Å². The predicted octanol–water partition coefficient (Wildman–Crippen LogP) is 0.980. The standard InChI is InChI=1S/C14H18N2O2S/c17-14(16-8-10-7-15-5-6-18-10)12-9-19-13-4-2-1-3-11(12)13/h1-4,10,12,15H,5-9H2,(H,16,17). The van der Waals surface area contributed by atoms with Crippen molar-refractivity contribution >= 4 is 17.7 Å². The molecule has 1 aromatic rings. The van der Waals surface area contributed by atoms with Crippen LogP contribution in [0.1, 0.15) is 11.5 Å². The highest BCUT2D eigenvalue weighted by Gasteiger charge is 2.29. The van der Waals surface area contributed by atoms with Crippen LogP contribution in [0.15, 0.2) is 29.2 Å². The van der Waals surface area contributed by atoms with Crippen molar-refractivity contribution in [3.05, 3.63) is 29.8 Å². The minimum atomic E-state index is -0.0160. The molecule has 1 fully saturated rings. The van der Waals surface area contributed by atoms with Gasteiger partial charge in [0.05, 0.1) is 18.6 Å². The fourth-order valence-corrected chi connectivity index (χ4v) is 3.70. The molecule has 1 saturated heterocycles. The Morgan fingerprint density at radius 3 is 3.21 bits per heavy atom. The molecule has 0 aliphatic carbocycles. The Labute approximate surface area is 117 Å². The first-order valence-corrected chi connectivity index (χ1v) is 7.65. The average molecular weight is 278 g/mol. The number of nitrogens with one attached hydrogen (secondary N) is 2. The topological polar surface area (TPSA) is 50.4 Å². The van der Waals surface area contributed by atoms with Gasteiger partial charge in [-0.25, -0.2) is 0 Å². The monoisotopic (exact) mass is 278 g/mol. The van der Waals surface area contributed by atoms with E-state index in [-0.39, 0.29) is 17.9 Å². The summed E-state index contributed by atoms with van der Waals surface area (Å²) in [5, 5.41) is 6.28. The van der Waals surface area contributed by atoms with Crippen LogP contribution >= 0.6 is 11.8 Å². The van der Waals surface area contributed by atoms with Crippen LogP contribution in [0.4, 0.5) is 0 Å². The second-order valence-electron chi connectivity index (χ2n) is 4.84. The third-order valence-electron chi connectivity index (χ3n) is 3.52. The number of ether oxygens (including phenoxy) is 1. The van der Waals surface area contributed by atoms with Gasteiger partial charge < -0.3 is 15.4 Å². The number of benzene rings is 1. The maximum Gasteiger partial charge on any atom is 0.228 e. The van der Waals surface area contributed by atoms with Crippen LogP contribution in [-0.4, -0.2) is 44.0 Å². The summed E-state index contributed by atoms with van der Waals surface area (Å²) in [7, 11) is 0. The molecule has 5 heteroatoms. The molecule has 0 radical (unpaired) electrons. The number of amides is 1. The molecular weight excluding hydrogens is 260 g/mol. The zero-order chi connectivity index (χ0) is 13.1. The van der Waals surface area contributed by atoms with Gasteiger partial charge in [0.1, 0.15) is 0 Å². The average Bonchev–Trinajstić information content (AvgIpc) is 2.90. The number of morpholine rings is 1. The van der Waals surface area contributed by atoms with Crippen LogP contribution < -0.4 is 10.6 Å². The second kappa shape index (κ2) is 5.94. The molecule has 2 aliphatic heterocycles. The van der Waals surface area contributed by atoms with E-state index in [2.05, 4.69) is 22.8 Å². The first-order chi connectivity index (χ1) is 9.34. The zero-order valence-electron chi connectivity index (χ0n) is 10.7. The summed E-state index contributed by atoms with van der Waals surface area (Å²) in [6.07, 6.45) is 0.0991. The van der Waals surface area contributed by atoms with Crippen molar-refractivity contribution in [3.63, 3.8) is 0 Å². The molecule has 0 bridgehead atoms. The van der Waals surface area contributed by atoms with E-state index < -0.39 is 0 Å². The van der Waals surface area contributed by atoms with Crippen LogP contribution in [0.25, 0.3) is 0 Å². The number of rotatable bonds is 3. The SMILES string of the molecule is O=C(NCC1CNCCO1)C1CSc2ccccc21. The summed E-state index contributed by atoms with van der Waals surface area (Å²) in [6, 6.07) is 8.16. The van der Waals surface area contributed by atoms with Gasteiger partial charge >= 0.3 is 0 Å². The number of hydrogen-bond acceptors (Lipinski definition) is 4. The summed E-state index contributed by atoms with van der Waals surface area (Å²) in [5.41, 5.74) is 1.16. The lowest BCUT2D eigenvalue weighted by molar-refractivity contribution is -0.122. The quantitative estimate of drug-likeness (QED) is 0.865. The first-order valence-electron chi connectivity index (χ1n) is 6.66. The van der Waals surface area contributed by atoms with Crippen LogP contribution in [0.2, 0.25) is 0 Å². The van der Waals surface area contributed by atoms with Crippen LogP contribution in [0, 0.1) is 0 Å². The number of thioether (sulfide) groups is 1. The van der Waals surface area contributed by atoms with Crippen molar-refractivity contribution in [2.75, 3.05) is 32.0 Å². The molecule has 2 unspecified atom stereocenters. The van der Waals surface area contributed by atoms with E-state index in [0.29, 0.717) is 6.54 Å². The summed E-state index contributed by atoms with van der Waals surface area (Å²) < 4.78 is 5.58. The molecule has 1 amide bonds. The number of carbonyl (C=O) groups excluding carboxylic acids is 1. The molecular formula is C14H18N2O2S. The van der Waals surface area contributed by atoms with E-state index in [1.54, 1.807) is 11.8 Å². The Hall–Kier alpha value is -1.04. The predicted molar refractivity (Wildman–Crippen MR) is 75.5 cm³/mol. The highest BCUT2D eigenvalue weighted by Crippen LogP contribution is 2.39. The number of hydrogen-bond donors (Lipinski definition) is 2. The molecule has 2 N–H and O–H groups in total. The van der Waals surface area contributed by atoms with E-state index in [1.807, 2.05) is 12.1 Å². The Kier molecular flexibility index (Phi) is 4.06. The highest BCUT2D eigenvalue weighted by atomic mass is 32.2. The van der Waals surface area contributed by atoms with Gasteiger partial charge in [-0.3, -0.25) is 4.79 Å². The van der Waals surface area contributed by atoms with Crippen LogP contribution in [0.5, 0.6) is 0 Å². The summed E-state index contributed by atoms with van der Waals surface area (Å²) >= 11 is 1.76. The molecule has 2 atom stereocenters. The van der Waals surface area contributed by atoms with E-state index in [0.717, 1.165) is 31.0 Å². The maximum absolute atomic E-state index is 12.3. The maximum atomic E-state index is 12.3. The van der Waals surface area contributed by atoms with Crippen molar-refractivity contribution in [3.8, 4) is 0 Å². The van der Waals surface area contributed by atoms with Crippen molar-refractivity contribution in [1.29, 1.82) is 0 Å². The molecule has 102 valence electrons. The molecule has 2 aliphatic rings. The third kappa shape index (κ3) is 2.94. The number of carbonyl (C=O) groups is 1. The van der Waals surface area contributed by atoms with Crippen molar-refractivity contribution < 1.29 is 9.53 Å². The summed E-state index contributed by atoms with van der Waals surface area (Å²) in [6.45, 7) is 3.03. The Morgan fingerprint density at radius 1 is 1.47 bits per heavy atom. The van der Waals surface area contributed by atoms with E-state index in [4.69, 9.17) is 4.74 Å². The zero-order valence-corrected chi connectivity index (χ0v) is 11.5. The van der Waals surface area contributed by atoms with Crippen molar-refractivity contribution in [2.24, 2.45) is 0 Å². The van der Waals surface area contributed by atoms with Gasteiger partial charge in [-0.15, -0.1) is 11.8 Å². The van der Waals surface area contributed by atoms with Gasteiger partial charge in [0, 0.05) is 30.3 Å². The van der Waals surface area contributed by atoms with Gasteiger partial charge in [-0.05, 0) is 11.6 Å². The molecule has 2 heterocycles. The third-order valence-corrected chi connectivity index (χ3v) is 4.71. The largest absolute Gasteiger partial charge is 0.374 e. The summed E-state index contributed by atoms with van der Waals surface area (Å²) in [5.74, 6) is 0.943. The molecule has 0 spiro atoms. The van der Waals surface area contributed by atoms with E-state index in [9.17, 15) is 4.79 Å². The minimum absolute atomic E-state index is 0.0160. The van der Waals surface area contributed by atoms with Gasteiger partial charge in [-0.2, -0.15) is 0 Å². The fraction of sp³-hybridized carbons (Fsp3) is 0.500.